The van der Waals surface area contributed by atoms with Crippen LogP contribution in [0, 0.1) is 5.92 Å². The van der Waals surface area contributed by atoms with E-state index in [9.17, 15) is 4.79 Å². The second-order valence-electron chi connectivity index (χ2n) is 5.76. The summed E-state index contributed by atoms with van der Waals surface area (Å²) >= 11 is 0. The van der Waals surface area contributed by atoms with Gasteiger partial charge in [0, 0.05) is 13.2 Å². The Morgan fingerprint density at radius 1 is 1.33 bits per heavy atom. The zero-order valence-corrected chi connectivity index (χ0v) is 12.9. The summed E-state index contributed by atoms with van der Waals surface area (Å²) in [5.41, 5.74) is -0.444. The number of nitrogens with one attached hydrogen (secondary N) is 1. The second kappa shape index (κ2) is 7.74. The van der Waals surface area contributed by atoms with Gasteiger partial charge in [-0.1, -0.05) is 20.3 Å². The highest BCUT2D eigenvalue weighted by Crippen LogP contribution is 2.18. The molecule has 18 heavy (non-hydrogen) atoms. The van der Waals surface area contributed by atoms with Crippen molar-refractivity contribution in [2.75, 3.05) is 14.2 Å². The first-order chi connectivity index (χ1) is 8.25. The summed E-state index contributed by atoms with van der Waals surface area (Å²) in [7, 11) is 3.54. The van der Waals surface area contributed by atoms with Gasteiger partial charge in [0.25, 0.3) is 0 Å². The molecule has 0 aliphatic heterocycles. The fraction of sp³-hybridized carbons (Fsp3) is 0.929. The zero-order valence-electron chi connectivity index (χ0n) is 12.9. The number of hydrogen-bond acceptors (Lipinski definition) is 4. The Kier molecular flexibility index (Phi) is 7.48. The molecule has 3 atom stereocenters. The van der Waals surface area contributed by atoms with Crippen molar-refractivity contribution in [1.82, 2.24) is 5.32 Å². The molecule has 0 radical (unpaired) electrons. The van der Waals surface area contributed by atoms with Crippen LogP contribution in [0.1, 0.15) is 47.5 Å². The average Bonchev–Trinajstić information content (AvgIpc) is 2.25. The highest BCUT2D eigenvalue weighted by Gasteiger charge is 2.28. The smallest absolute Gasteiger partial charge is 0.309 e. The normalized spacial score (nSPS) is 17.1. The Hall–Kier alpha value is -0.610. The molecule has 0 aromatic carbocycles. The van der Waals surface area contributed by atoms with E-state index in [2.05, 4.69) is 19.2 Å². The molecule has 0 heterocycles. The Labute approximate surface area is 111 Å². The molecule has 0 aliphatic rings. The van der Waals surface area contributed by atoms with Crippen LogP contribution in [0.4, 0.5) is 0 Å². The standard InChI is InChI=1S/C14H29NO3/c1-8-10(2)13(15-6)11(17-7)9-12(16)18-14(3,4)5/h10-11,13,15H,8-9H2,1-7H3/t10-,11-,13+/m0/s1. The van der Waals surface area contributed by atoms with Crippen molar-refractivity contribution >= 4 is 5.97 Å². The van der Waals surface area contributed by atoms with Crippen LogP contribution >= 0.6 is 0 Å². The maximum atomic E-state index is 11.8. The highest BCUT2D eigenvalue weighted by molar-refractivity contribution is 5.70. The molecule has 0 saturated carbocycles. The van der Waals surface area contributed by atoms with E-state index in [0.29, 0.717) is 5.92 Å². The number of methoxy groups -OCH3 is 1. The molecule has 4 nitrogen and oxygen atoms in total. The van der Waals surface area contributed by atoms with Gasteiger partial charge in [-0.25, -0.2) is 0 Å². The van der Waals surface area contributed by atoms with Gasteiger partial charge in [-0.2, -0.15) is 0 Å². The lowest BCUT2D eigenvalue weighted by molar-refractivity contribution is -0.158. The van der Waals surface area contributed by atoms with Crippen LogP contribution in [-0.4, -0.2) is 37.9 Å². The van der Waals surface area contributed by atoms with E-state index in [0.717, 1.165) is 6.42 Å². The number of esters is 1. The van der Waals surface area contributed by atoms with E-state index in [-0.39, 0.29) is 24.5 Å². The lowest BCUT2D eigenvalue weighted by Gasteiger charge is -2.30. The molecule has 4 heteroatoms. The van der Waals surface area contributed by atoms with Crippen LogP contribution in [-0.2, 0) is 14.3 Å². The molecule has 1 N–H and O–H groups in total. The fourth-order valence-electron chi connectivity index (χ4n) is 2.00. The summed E-state index contributed by atoms with van der Waals surface area (Å²) < 4.78 is 10.8. The average molecular weight is 259 g/mol. The molecule has 108 valence electrons. The molecule has 0 aromatic heterocycles. The van der Waals surface area contributed by atoms with Gasteiger partial charge in [0.15, 0.2) is 0 Å². The number of carbonyl (C=O) groups is 1. The molecule has 0 unspecified atom stereocenters. The van der Waals surface area contributed by atoms with Crippen molar-refractivity contribution in [1.29, 1.82) is 0 Å². The molecule has 0 fully saturated rings. The summed E-state index contributed by atoms with van der Waals surface area (Å²) in [6.45, 7) is 9.91. The third-order valence-electron chi connectivity index (χ3n) is 3.08. The summed E-state index contributed by atoms with van der Waals surface area (Å²) in [6, 6.07) is 0.160. The number of hydrogen-bond donors (Lipinski definition) is 1. The maximum Gasteiger partial charge on any atom is 0.309 e. The first kappa shape index (κ1) is 17.4. The number of carbonyl (C=O) groups excluding carboxylic acids is 1. The quantitative estimate of drug-likeness (QED) is 0.713. The van der Waals surface area contributed by atoms with Gasteiger partial charge in [-0.15, -0.1) is 0 Å². The van der Waals surface area contributed by atoms with E-state index >= 15 is 0 Å². The van der Waals surface area contributed by atoms with Crippen molar-refractivity contribution in [3.05, 3.63) is 0 Å². The lowest BCUT2D eigenvalue weighted by atomic mass is 9.92. The summed E-state index contributed by atoms with van der Waals surface area (Å²) in [4.78, 5) is 11.8. The third-order valence-corrected chi connectivity index (χ3v) is 3.08. The third kappa shape index (κ3) is 6.36. The summed E-state index contributed by atoms with van der Waals surface area (Å²) in [5.74, 6) is 0.236. The Bertz CT molecular complexity index is 248. The SMILES string of the molecule is CC[C@H](C)[C@@H](NC)[C@H](CC(=O)OC(C)(C)C)OC. The van der Waals surface area contributed by atoms with Gasteiger partial charge >= 0.3 is 5.97 Å². The van der Waals surface area contributed by atoms with Crippen molar-refractivity contribution in [3.8, 4) is 0 Å². The summed E-state index contributed by atoms with van der Waals surface area (Å²) in [6.07, 6.45) is 1.17. The van der Waals surface area contributed by atoms with E-state index in [1.165, 1.54) is 0 Å². The van der Waals surface area contributed by atoms with Crippen LogP contribution in [0.5, 0.6) is 0 Å². The summed E-state index contributed by atoms with van der Waals surface area (Å²) in [5, 5.41) is 3.24. The van der Waals surface area contributed by atoms with Crippen molar-refractivity contribution < 1.29 is 14.3 Å². The van der Waals surface area contributed by atoms with Gasteiger partial charge in [0.05, 0.1) is 12.5 Å². The highest BCUT2D eigenvalue weighted by atomic mass is 16.6. The van der Waals surface area contributed by atoms with Crippen molar-refractivity contribution in [2.24, 2.45) is 5.92 Å². The monoisotopic (exact) mass is 259 g/mol. The van der Waals surface area contributed by atoms with E-state index in [1.54, 1.807) is 7.11 Å². The predicted molar refractivity (Wildman–Crippen MR) is 73.6 cm³/mol. The largest absolute Gasteiger partial charge is 0.460 e. The van der Waals surface area contributed by atoms with E-state index in [4.69, 9.17) is 9.47 Å². The Morgan fingerprint density at radius 2 is 1.89 bits per heavy atom. The number of ether oxygens (including phenoxy) is 2. The first-order valence-electron chi connectivity index (χ1n) is 6.67. The van der Waals surface area contributed by atoms with Gasteiger partial charge in [0.2, 0.25) is 0 Å². The molecule has 0 saturated heterocycles. The van der Waals surface area contributed by atoms with Gasteiger partial charge in [-0.3, -0.25) is 4.79 Å². The number of likely N-dealkylation sites (N-methyl/N-ethyl adjacent to an activating group) is 1. The van der Waals surface area contributed by atoms with E-state index < -0.39 is 5.60 Å². The maximum absolute atomic E-state index is 11.8. The molecule has 0 amide bonds. The van der Waals surface area contributed by atoms with Crippen molar-refractivity contribution in [3.63, 3.8) is 0 Å². The first-order valence-corrected chi connectivity index (χ1v) is 6.67. The van der Waals surface area contributed by atoms with Crippen molar-refractivity contribution in [2.45, 2.75) is 65.2 Å². The minimum atomic E-state index is -0.444. The zero-order chi connectivity index (χ0) is 14.3. The van der Waals surface area contributed by atoms with E-state index in [1.807, 2.05) is 27.8 Å². The molecule has 0 spiro atoms. The number of rotatable bonds is 7. The Morgan fingerprint density at radius 3 is 2.22 bits per heavy atom. The molecule has 0 bridgehead atoms. The molecule has 0 rings (SSSR count). The molecule has 0 aliphatic carbocycles. The van der Waals surface area contributed by atoms with Crippen LogP contribution in [0.3, 0.4) is 0 Å². The molecular weight excluding hydrogens is 230 g/mol. The minimum absolute atomic E-state index is 0.153. The molecular formula is C14H29NO3. The van der Waals surface area contributed by atoms with Gasteiger partial charge in [0.1, 0.15) is 5.60 Å². The lowest BCUT2D eigenvalue weighted by Crippen LogP contribution is -2.45. The van der Waals surface area contributed by atoms with Gasteiger partial charge in [-0.05, 0) is 33.7 Å². The van der Waals surface area contributed by atoms with Crippen LogP contribution in [0.25, 0.3) is 0 Å². The van der Waals surface area contributed by atoms with Crippen LogP contribution in [0.15, 0.2) is 0 Å². The second-order valence-corrected chi connectivity index (χ2v) is 5.76. The predicted octanol–water partition coefficient (Wildman–Crippen LogP) is 2.37. The molecule has 0 aromatic rings. The fourth-order valence-corrected chi connectivity index (χ4v) is 2.00. The minimum Gasteiger partial charge on any atom is -0.460 e. The van der Waals surface area contributed by atoms with Crippen LogP contribution < -0.4 is 5.32 Å². The topological polar surface area (TPSA) is 47.6 Å². The Balaban J connectivity index is 4.53. The van der Waals surface area contributed by atoms with Crippen LogP contribution in [0.2, 0.25) is 0 Å². The van der Waals surface area contributed by atoms with Gasteiger partial charge < -0.3 is 14.8 Å².